The van der Waals surface area contributed by atoms with E-state index in [0.29, 0.717) is 0 Å². The Morgan fingerprint density at radius 3 is 2.47 bits per heavy atom. The van der Waals surface area contributed by atoms with E-state index in [1.54, 1.807) is 0 Å². The Balaban J connectivity index is 2.20. The van der Waals surface area contributed by atoms with Crippen LogP contribution in [0, 0.1) is 0 Å². The van der Waals surface area contributed by atoms with E-state index < -0.39 is 0 Å². The standard InChI is InChI=1S/C14H13BrOS/c1-2-3-10-4-6-11(7-5-10)14(16)12-8-13(15)17-9-12/h4-9H,2-3H2,1H3. The van der Waals surface area contributed by atoms with Gasteiger partial charge in [0.2, 0.25) is 0 Å². The summed E-state index contributed by atoms with van der Waals surface area (Å²) >= 11 is 4.91. The van der Waals surface area contributed by atoms with E-state index in [4.69, 9.17) is 0 Å². The minimum absolute atomic E-state index is 0.0926. The second-order valence-electron chi connectivity index (χ2n) is 3.92. The van der Waals surface area contributed by atoms with Crippen molar-refractivity contribution in [3.63, 3.8) is 0 Å². The van der Waals surface area contributed by atoms with Gasteiger partial charge in [-0.3, -0.25) is 4.79 Å². The van der Waals surface area contributed by atoms with Crippen molar-refractivity contribution in [2.45, 2.75) is 19.8 Å². The van der Waals surface area contributed by atoms with Crippen LogP contribution in [0.2, 0.25) is 0 Å². The van der Waals surface area contributed by atoms with Crippen molar-refractivity contribution in [1.82, 2.24) is 0 Å². The maximum Gasteiger partial charge on any atom is 0.193 e. The lowest BCUT2D eigenvalue weighted by molar-refractivity contribution is 0.103. The summed E-state index contributed by atoms with van der Waals surface area (Å²) in [5.74, 6) is 0.0926. The third kappa shape index (κ3) is 3.05. The number of carbonyl (C=O) groups is 1. The van der Waals surface area contributed by atoms with Gasteiger partial charge in [-0.25, -0.2) is 0 Å². The molecule has 0 saturated carbocycles. The number of aryl methyl sites for hydroxylation is 1. The minimum Gasteiger partial charge on any atom is -0.289 e. The van der Waals surface area contributed by atoms with Crippen molar-refractivity contribution in [3.05, 3.63) is 56.2 Å². The predicted molar refractivity (Wildman–Crippen MR) is 75.9 cm³/mol. The van der Waals surface area contributed by atoms with Crippen LogP contribution in [0.15, 0.2) is 39.5 Å². The lowest BCUT2D eigenvalue weighted by Crippen LogP contribution is -1.99. The van der Waals surface area contributed by atoms with Gasteiger partial charge in [0.15, 0.2) is 5.78 Å². The molecule has 2 aromatic rings. The quantitative estimate of drug-likeness (QED) is 0.749. The van der Waals surface area contributed by atoms with Crippen molar-refractivity contribution in [3.8, 4) is 0 Å². The van der Waals surface area contributed by atoms with Crippen LogP contribution in [-0.4, -0.2) is 5.78 Å². The Kier molecular flexibility index (Phi) is 4.13. The molecule has 2 rings (SSSR count). The zero-order valence-corrected chi connectivity index (χ0v) is 12.0. The fourth-order valence-electron chi connectivity index (χ4n) is 1.71. The number of carbonyl (C=O) groups excluding carboxylic acids is 1. The van der Waals surface area contributed by atoms with E-state index in [9.17, 15) is 4.79 Å². The number of hydrogen-bond acceptors (Lipinski definition) is 2. The molecule has 0 amide bonds. The molecular weight excluding hydrogens is 296 g/mol. The largest absolute Gasteiger partial charge is 0.289 e. The third-order valence-corrected chi connectivity index (χ3v) is 4.09. The number of ketones is 1. The Bertz CT molecular complexity index is 513. The SMILES string of the molecule is CCCc1ccc(C(=O)c2csc(Br)c2)cc1. The van der Waals surface area contributed by atoms with Crippen molar-refractivity contribution in [2.75, 3.05) is 0 Å². The van der Waals surface area contributed by atoms with E-state index in [1.807, 2.05) is 35.7 Å². The van der Waals surface area contributed by atoms with Gasteiger partial charge in [0.05, 0.1) is 3.79 Å². The van der Waals surface area contributed by atoms with Crippen molar-refractivity contribution >= 4 is 33.0 Å². The molecule has 0 spiro atoms. The van der Waals surface area contributed by atoms with E-state index in [1.165, 1.54) is 16.9 Å². The highest BCUT2D eigenvalue weighted by atomic mass is 79.9. The highest BCUT2D eigenvalue weighted by Gasteiger charge is 2.10. The molecular formula is C14H13BrOS. The Morgan fingerprint density at radius 2 is 1.94 bits per heavy atom. The normalized spacial score (nSPS) is 10.5. The first-order chi connectivity index (χ1) is 8.20. The summed E-state index contributed by atoms with van der Waals surface area (Å²) in [5, 5.41) is 1.88. The summed E-state index contributed by atoms with van der Waals surface area (Å²) in [4.78, 5) is 12.1. The van der Waals surface area contributed by atoms with Crippen LogP contribution >= 0.6 is 27.3 Å². The molecule has 0 aliphatic heterocycles. The van der Waals surface area contributed by atoms with Gasteiger partial charge in [-0.15, -0.1) is 11.3 Å². The van der Waals surface area contributed by atoms with Gasteiger partial charge in [-0.1, -0.05) is 37.6 Å². The average molecular weight is 309 g/mol. The zero-order chi connectivity index (χ0) is 12.3. The molecule has 17 heavy (non-hydrogen) atoms. The summed E-state index contributed by atoms with van der Waals surface area (Å²) in [6, 6.07) is 9.78. The maximum atomic E-state index is 12.1. The highest BCUT2D eigenvalue weighted by Crippen LogP contribution is 2.23. The fraction of sp³-hybridized carbons (Fsp3) is 0.214. The van der Waals surface area contributed by atoms with E-state index in [-0.39, 0.29) is 5.78 Å². The van der Waals surface area contributed by atoms with Crippen LogP contribution in [0.3, 0.4) is 0 Å². The van der Waals surface area contributed by atoms with Gasteiger partial charge in [0.25, 0.3) is 0 Å². The van der Waals surface area contributed by atoms with Crippen molar-refractivity contribution in [2.24, 2.45) is 0 Å². The number of thiophene rings is 1. The first-order valence-electron chi connectivity index (χ1n) is 5.58. The molecule has 0 fully saturated rings. The van der Waals surface area contributed by atoms with Gasteiger partial charge in [0, 0.05) is 16.5 Å². The van der Waals surface area contributed by atoms with Crippen LogP contribution in [-0.2, 0) is 6.42 Å². The molecule has 0 N–H and O–H groups in total. The topological polar surface area (TPSA) is 17.1 Å². The Hall–Kier alpha value is -0.930. The summed E-state index contributed by atoms with van der Waals surface area (Å²) < 4.78 is 0.989. The molecule has 0 aliphatic rings. The average Bonchev–Trinajstić information content (AvgIpc) is 2.76. The predicted octanol–water partition coefficient (Wildman–Crippen LogP) is 4.69. The van der Waals surface area contributed by atoms with Crippen molar-refractivity contribution < 1.29 is 4.79 Å². The van der Waals surface area contributed by atoms with E-state index in [0.717, 1.165) is 27.8 Å². The number of rotatable bonds is 4. The van der Waals surface area contributed by atoms with Gasteiger partial charge >= 0.3 is 0 Å². The summed E-state index contributed by atoms with van der Waals surface area (Å²) in [7, 11) is 0. The van der Waals surface area contributed by atoms with Gasteiger partial charge in [-0.05, 0) is 34.0 Å². The summed E-state index contributed by atoms with van der Waals surface area (Å²) in [5.41, 5.74) is 2.80. The monoisotopic (exact) mass is 308 g/mol. The number of benzene rings is 1. The molecule has 3 heteroatoms. The van der Waals surface area contributed by atoms with Gasteiger partial charge < -0.3 is 0 Å². The third-order valence-electron chi connectivity index (χ3n) is 2.58. The van der Waals surface area contributed by atoms with E-state index in [2.05, 4.69) is 22.9 Å². The number of halogens is 1. The Labute approximate surface area is 114 Å². The molecule has 0 unspecified atom stereocenters. The maximum absolute atomic E-state index is 12.1. The minimum atomic E-state index is 0.0926. The van der Waals surface area contributed by atoms with Crippen LogP contribution in [0.25, 0.3) is 0 Å². The summed E-state index contributed by atoms with van der Waals surface area (Å²) in [6.07, 6.45) is 2.20. The van der Waals surface area contributed by atoms with Gasteiger partial charge in [-0.2, -0.15) is 0 Å². The summed E-state index contributed by atoms with van der Waals surface area (Å²) in [6.45, 7) is 2.15. The van der Waals surface area contributed by atoms with Crippen LogP contribution in [0.5, 0.6) is 0 Å². The van der Waals surface area contributed by atoms with Gasteiger partial charge in [0.1, 0.15) is 0 Å². The molecule has 0 saturated heterocycles. The molecule has 88 valence electrons. The first kappa shape index (κ1) is 12.5. The molecule has 1 heterocycles. The zero-order valence-electron chi connectivity index (χ0n) is 9.57. The molecule has 1 nitrogen and oxygen atoms in total. The molecule has 0 aliphatic carbocycles. The molecule has 0 radical (unpaired) electrons. The van der Waals surface area contributed by atoms with Crippen molar-refractivity contribution in [1.29, 1.82) is 0 Å². The highest BCUT2D eigenvalue weighted by molar-refractivity contribution is 9.11. The molecule has 1 aromatic heterocycles. The van der Waals surface area contributed by atoms with Crippen LogP contribution in [0.1, 0.15) is 34.8 Å². The Morgan fingerprint density at radius 1 is 1.24 bits per heavy atom. The molecule has 1 aromatic carbocycles. The molecule has 0 atom stereocenters. The first-order valence-corrected chi connectivity index (χ1v) is 7.25. The molecule has 0 bridgehead atoms. The number of hydrogen-bond donors (Lipinski definition) is 0. The smallest absolute Gasteiger partial charge is 0.193 e. The van der Waals surface area contributed by atoms with Crippen LogP contribution < -0.4 is 0 Å². The van der Waals surface area contributed by atoms with E-state index >= 15 is 0 Å². The fourth-order valence-corrected chi connectivity index (χ4v) is 2.84. The van der Waals surface area contributed by atoms with Crippen LogP contribution in [0.4, 0.5) is 0 Å². The lowest BCUT2D eigenvalue weighted by Gasteiger charge is -2.01. The second kappa shape index (κ2) is 5.61. The lowest BCUT2D eigenvalue weighted by atomic mass is 10.0. The second-order valence-corrected chi connectivity index (χ2v) is 6.21.